The van der Waals surface area contributed by atoms with Crippen LogP contribution in [-0.4, -0.2) is 10.9 Å². The van der Waals surface area contributed by atoms with E-state index >= 15 is 0 Å². The Labute approximate surface area is 121 Å². The molecule has 0 saturated carbocycles. The summed E-state index contributed by atoms with van der Waals surface area (Å²) in [6.07, 6.45) is 0. The van der Waals surface area contributed by atoms with Crippen molar-refractivity contribution in [1.82, 2.24) is 4.98 Å². The van der Waals surface area contributed by atoms with Crippen LogP contribution in [0.25, 0.3) is 0 Å². The first-order chi connectivity index (χ1) is 8.89. The normalized spacial score (nSPS) is 11.4. The number of hydrogen-bond donors (Lipinski definition) is 1. The molecule has 1 N–H and O–H groups in total. The van der Waals surface area contributed by atoms with Crippen LogP contribution >= 0.6 is 22.9 Å². The summed E-state index contributed by atoms with van der Waals surface area (Å²) in [5, 5.41) is 6.00. The van der Waals surface area contributed by atoms with Crippen LogP contribution in [0.4, 0.5) is 5.13 Å². The Balaban J connectivity index is 2.21. The van der Waals surface area contributed by atoms with Crippen molar-refractivity contribution >= 4 is 34.0 Å². The van der Waals surface area contributed by atoms with Crippen LogP contribution < -0.4 is 5.32 Å². The van der Waals surface area contributed by atoms with Gasteiger partial charge < -0.3 is 5.32 Å². The number of hydrogen-bond acceptors (Lipinski definition) is 3. The van der Waals surface area contributed by atoms with Gasteiger partial charge in [-0.1, -0.05) is 23.7 Å². The minimum Gasteiger partial charge on any atom is -0.301 e. The van der Waals surface area contributed by atoms with Crippen molar-refractivity contribution in [3.63, 3.8) is 0 Å². The third kappa shape index (κ3) is 3.14. The highest BCUT2D eigenvalue weighted by Crippen LogP contribution is 2.27. The van der Waals surface area contributed by atoms with Crippen molar-refractivity contribution in [3.8, 4) is 0 Å². The number of carbonyl (C=O) groups is 1. The van der Waals surface area contributed by atoms with E-state index in [-0.39, 0.29) is 5.91 Å². The van der Waals surface area contributed by atoms with Gasteiger partial charge in [-0.3, -0.25) is 4.79 Å². The van der Waals surface area contributed by atoms with E-state index in [1.165, 1.54) is 11.3 Å². The number of aromatic nitrogens is 1. The van der Waals surface area contributed by atoms with E-state index in [1.807, 2.05) is 44.4 Å². The molecular formula is C14H15ClN2OS. The quantitative estimate of drug-likeness (QED) is 0.929. The lowest BCUT2D eigenvalue weighted by Crippen LogP contribution is -2.34. The van der Waals surface area contributed by atoms with Crippen molar-refractivity contribution in [3.05, 3.63) is 45.9 Å². The number of nitrogens with zero attached hydrogens (tertiary/aromatic N) is 1. The Morgan fingerprint density at radius 3 is 2.74 bits per heavy atom. The van der Waals surface area contributed by atoms with Crippen LogP contribution in [0.1, 0.15) is 25.1 Å². The topological polar surface area (TPSA) is 42.0 Å². The predicted octanol–water partition coefficient (Wildman–Crippen LogP) is 4.02. The summed E-state index contributed by atoms with van der Waals surface area (Å²) in [6.45, 7) is 5.64. The van der Waals surface area contributed by atoms with Crippen LogP contribution in [0.15, 0.2) is 29.6 Å². The molecule has 0 bridgehead atoms. The fourth-order valence-corrected chi connectivity index (χ4v) is 2.55. The SMILES string of the molecule is Cc1csc(NC(=O)C(C)(C)c2cccc(Cl)c2)n1. The fourth-order valence-electron chi connectivity index (χ4n) is 1.67. The third-order valence-electron chi connectivity index (χ3n) is 2.95. The predicted molar refractivity (Wildman–Crippen MR) is 80.0 cm³/mol. The first kappa shape index (κ1) is 14.0. The zero-order valence-electron chi connectivity index (χ0n) is 11.0. The van der Waals surface area contributed by atoms with Gasteiger partial charge in [-0.15, -0.1) is 11.3 Å². The molecular weight excluding hydrogens is 280 g/mol. The molecule has 1 heterocycles. The minimum atomic E-state index is -0.662. The average molecular weight is 295 g/mol. The van der Waals surface area contributed by atoms with Crippen LogP contribution in [0.3, 0.4) is 0 Å². The Kier molecular flexibility index (Phi) is 3.92. The van der Waals surface area contributed by atoms with Crippen molar-refractivity contribution in [2.45, 2.75) is 26.2 Å². The number of carbonyl (C=O) groups excluding carboxylic acids is 1. The first-order valence-corrected chi connectivity index (χ1v) is 7.15. The molecule has 2 rings (SSSR count). The summed E-state index contributed by atoms with van der Waals surface area (Å²) < 4.78 is 0. The molecule has 3 nitrogen and oxygen atoms in total. The third-order valence-corrected chi connectivity index (χ3v) is 4.06. The van der Waals surface area contributed by atoms with E-state index in [9.17, 15) is 4.79 Å². The lowest BCUT2D eigenvalue weighted by atomic mass is 9.84. The van der Waals surface area contributed by atoms with E-state index in [1.54, 1.807) is 6.07 Å². The Hall–Kier alpha value is -1.39. The molecule has 1 amide bonds. The Bertz CT molecular complexity index is 607. The van der Waals surface area contributed by atoms with Gasteiger partial charge in [0.2, 0.25) is 5.91 Å². The van der Waals surface area contributed by atoms with Gasteiger partial charge in [0.05, 0.1) is 11.1 Å². The van der Waals surface area contributed by atoms with Crippen LogP contribution in [0.5, 0.6) is 0 Å². The largest absolute Gasteiger partial charge is 0.301 e. The summed E-state index contributed by atoms with van der Waals surface area (Å²) in [5.74, 6) is -0.0934. The Morgan fingerprint density at radius 1 is 1.42 bits per heavy atom. The summed E-state index contributed by atoms with van der Waals surface area (Å²) in [7, 11) is 0. The summed E-state index contributed by atoms with van der Waals surface area (Å²) in [6, 6.07) is 7.36. The number of amides is 1. The Morgan fingerprint density at radius 2 is 2.16 bits per heavy atom. The minimum absolute atomic E-state index is 0.0934. The van der Waals surface area contributed by atoms with Crippen molar-refractivity contribution in [1.29, 1.82) is 0 Å². The highest BCUT2D eigenvalue weighted by molar-refractivity contribution is 7.13. The zero-order chi connectivity index (χ0) is 14.0. The van der Waals surface area contributed by atoms with E-state index in [2.05, 4.69) is 10.3 Å². The van der Waals surface area contributed by atoms with Crippen molar-refractivity contribution in [2.24, 2.45) is 0 Å². The van der Waals surface area contributed by atoms with E-state index in [0.717, 1.165) is 11.3 Å². The van der Waals surface area contributed by atoms with E-state index < -0.39 is 5.41 Å². The maximum Gasteiger partial charge on any atom is 0.236 e. The number of anilines is 1. The fraction of sp³-hybridized carbons (Fsp3) is 0.286. The first-order valence-electron chi connectivity index (χ1n) is 5.89. The highest BCUT2D eigenvalue weighted by Gasteiger charge is 2.30. The molecule has 0 aliphatic rings. The number of thiazole rings is 1. The smallest absolute Gasteiger partial charge is 0.236 e. The number of rotatable bonds is 3. The summed E-state index contributed by atoms with van der Waals surface area (Å²) in [5.41, 5.74) is 1.12. The van der Waals surface area contributed by atoms with Gasteiger partial charge in [-0.05, 0) is 38.5 Å². The molecule has 0 aliphatic heterocycles. The molecule has 1 aromatic carbocycles. The molecule has 0 atom stereocenters. The number of halogens is 1. The van der Waals surface area contributed by atoms with E-state index in [0.29, 0.717) is 10.2 Å². The van der Waals surface area contributed by atoms with Crippen LogP contribution in [-0.2, 0) is 10.2 Å². The zero-order valence-corrected chi connectivity index (χ0v) is 12.6. The van der Waals surface area contributed by atoms with Crippen LogP contribution in [0, 0.1) is 6.92 Å². The number of aryl methyl sites for hydroxylation is 1. The van der Waals surface area contributed by atoms with Gasteiger partial charge >= 0.3 is 0 Å². The molecule has 5 heteroatoms. The van der Waals surface area contributed by atoms with Gasteiger partial charge in [0.25, 0.3) is 0 Å². The maximum absolute atomic E-state index is 12.4. The molecule has 1 aromatic heterocycles. The molecule has 0 radical (unpaired) electrons. The summed E-state index contributed by atoms with van der Waals surface area (Å²) >= 11 is 7.40. The second-order valence-corrected chi connectivity index (χ2v) is 6.18. The lowest BCUT2D eigenvalue weighted by Gasteiger charge is -2.23. The van der Waals surface area contributed by atoms with Crippen molar-refractivity contribution in [2.75, 3.05) is 5.32 Å². The molecule has 0 fully saturated rings. The molecule has 19 heavy (non-hydrogen) atoms. The molecule has 0 unspecified atom stereocenters. The molecule has 0 spiro atoms. The van der Waals surface area contributed by atoms with Crippen LogP contribution in [0.2, 0.25) is 5.02 Å². The van der Waals surface area contributed by atoms with Gasteiger partial charge in [0, 0.05) is 10.4 Å². The summed E-state index contributed by atoms with van der Waals surface area (Å²) in [4.78, 5) is 16.6. The lowest BCUT2D eigenvalue weighted by molar-refractivity contribution is -0.120. The molecule has 2 aromatic rings. The number of benzene rings is 1. The highest BCUT2D eigenvalue weighted by atomic mass is 35.5. The number of nitrogens with one attached hydrogen (secondary N) is 1. The molecule has 100 valence electrons. The second-order valence-electron chi connectivity index (χ2n) is 4.88. The molecule has 0 aliphatic carbocycles. The monoisotopic (exact) mass is 294 g/mol. The van der Waals surface area contributed by atoms with E-state index in [4.69, 9.17) is 11.6 Å². The van der Waals surface area contributed by atoms with Crippen molar-refractivity contribution < 1.29 is 4.79 Å². The molecule has 0 saturated heterocycles. The standard InChI is InChI=1S/C14H15ClN2OS/c1-9-8-19-13(16-9)17-12(18)14(2,3)10-5-4-6-11(15)7-10/h4-8H,1-3H3,(H,16,17,18). The maximum atomic E-state index is 12.4. The second kappa shape index (κ2) is 5.31. The van der Waals surface area contributed by atoms with Gasteiger partial charge in [-0.2, -0.15) is 0 Å². The van der Waals surface area contributed by atoms with Gasteiger partial charge in [0.1, 0.15) is 0 Å². The van der Waals surface area contributed by atoms with Gasteiger partial charge in [0.15, 0.2) is 5.13 Å². The average Bonchev–Trinajstić information content (AvgIpc) is 2.74. The van der Waals surface area contributed by atoms with Gasteiger partial charge in [-0.25, -0.2) is 4.98 Å².